The molecule has 110 valence electrons. The summed E-state index contributed by atoms with van der Waals surface area (Å²) in [6.07, 6.45) is 3.88. The molecule has 0 saturated heterocycles. The van der Waals surface area contributed by atoms with Gasteiger partial charge in [-0.15, -0.1) is 0 Å². The van der Waals surface area contributed by atoms with Crippen LogP contribution in [0.15, 0.2) is 24.3 Å². The smallest absolute Gasteiger partial charge is 0.271 e. The van der Waals surface area contributed by atoms with Crippen LogP contribution in [0.25, 0.3) is 0 Å². The van der Waals surface area contributed by atoms with Gasteiger partial charge in [0.15, 0.2) is 0 Å². The SMILES string of the molecule is CN(C(=O)C1(C#N)CCCCC1)c1cccc([N+](=O)[O-])c1. The highest BCUT2D eigenvalue weighted by atomic mass is 16.6. The van der Waals surface area contributed by atoms with E-state index in [4.69, 9.17) is 0 Å². The fraction of sp³-hybridized carbons (Fsp3) is 0.467. The number of hydrogen-bond acceptors (Lipinski definition) is 4. The van der Waals surface area contributed by atoms with Crippen LogP contribution in [0.2, 0.25) is 0 Å². The summed E-state index contributed by atoms with van der Waals surface area (Å²) < 4.78 is 0. The molecular formula is C15H17N3O3. The van der Waals surface area contributed by atoms with Crippen molar-refractivity contribution in [3.05, 3.63) is 34.4 Å². The summed E-state index contributed by atoms with van der Waals surface area (Å²) in [6.45, 7) is 0. The molecule has 6 nitrogen and oxygen atoms in total. The van der Waals surface area contributed by atoms with Gasteiger partial charge < -0.3 is 4.90 Å². The van der Waals surface area contributed by atoms with Crippen LogP contribution in [0.1, 0.15) is 32.1 Å². The van der Waals surface area contributed by atoms with Gasteiger partial charge in [-0.25, -0.2) is 0 Å². The van der Waals surface area contributed by atoms with E-state index in [1.54, 1.807) is 13.1 Å². The molecule has 0 spiro atoms. The Kier molecular flexibility index (Phi) is 4.22. The van der Waals surface area contributed by atoms with Crippen molar-refractivity contribution in [1.29, 1.82) is 5.26 Å². The maximum absolute atomic E-state index is 12.7. The van der Waals surface area contributed by atoms with Crippen LogP contribution in [0.3, 0.4) is 0 Å². The van der Waals surface area contributed by atoms with Crippen molar-refractivity contribution >= 4 is 17.3 Å². The normalized spacial score (nSPS) is 16.8. The molecular weight excluding hydrogens is 270 g/mol. The first kappa shape index (κ1) is 15.0. The topological polar surface area (TPSA) is 87.2 Å². The molecule has 2 rings (SSSR count). The lowest BCUT2D eigenvalue weighted by Crippen LogP contribution is -2.42. The molecule has 1 amide bonds. The largest absolute Gasteiger partial charge is 0.314 e. The third-order valence-corrected chi connectivity index (χ3v) is 4.06. The van der Waals surface area contributed by atoms with Gasteiger partial charge in [0, 0.05) is 19.2 Å². The van der Waals surface area contributed by atoms with E-state index < -0.39 is 10.3 Å². The first-order chi connectivity index (χ1) is 10.00. The zero-order valence-corrected chi connectivity index (χ0v) is 11.9. The van der Waals surface area contributed by atoms with Crippen LogP contribution in [0.5, 0.6) is 0 Å². The minimum atomic E-state index is -0.988. The number of nitro benzene ring substituents is 1. The number of nitriles is 1. The number of amides is 1. The molecule has 1 aromatic carbocycles. The van der Waals surface area contributed by atoms with Gasteiger partial charge in [-0.2, -0.15) is 5.26 Å². The van der Waals surface area contributed by atoms with E-state index in [2.05, 4.69) is 6.07 Å². The Balaban J connectivity index is 2.28. The molecule has 21 heavy (non-hydrogen) atoms. The van der Waals surface area contributed by atoms with E-state index >= 15 is 0 Å². The summed E-state index contributed by atoms with van der Waals surface area (Å²) in [4.78, 5) is 24.3. The zero-order chi connectivity index (χ0) is 15.5. The Morgan fingerprint density at radius 2 is 2.05 bits per heavy atom. The molecule has 0 unspecified atom stereocenters. The molecule has 0 aliphatic heterocycles. The van der Waals surface area contributed by atoms with Crippen molar-refractivity contribution in [2.75, 3.05) is 11.9 Å². The lowest BCUT2D eigenvalue weighted by Gasteiger charge is -2.33. The van der Waals surface area contributed by atoms with Crippen LogP contribution < -0.4 is 4.90 Å². The zero-order valence-electron chi connectivity index (χ0n) is 11.9. The number of non-ortho nitro benzene ring substituents is 1. The van der Waals surface area contributed by atoms with Gasteiger partial charge >= 0.3 is 0 Å². The standard InChI is InChI=1S/C15H17N3O3/c1-17(12-6-5-7-13(10-12)18(20)21)14(19)15(11-16)8-3-2-4-9-15/h5-7,10H,2-4,8-9H2,1H3. The Morgan fingerprint density at radius 3 is 2.62 bits per heavy atom. The van der Waals surface area contributed by atoms with Gasteiger partial charge in [0.1, 0.15) is 5.41 Å². The summed E-state index contributed by atoms with van der Waals surface area (Å²) in [5.74, 6) is -0.273. The second kappa shape index (κ2) is 5.92. The molecule has 0 N–H and O–H groups in total. The lowest BCUT2D eigenvalue weighted by atomic mass is 9.74. The van der Waals surface area contributed by atoms with Crippen molar-refractivity contribution in [1.82, 2.24) is 0 Å². The second-order valence-electron chi connectivity index (χ2n) is 5.40. The van der Waals surface area contributed by atoms with E-state index in [0.717, 1.165) is 19.3 Å². The van der Waals surface area contributed by atoms with Crippen LogP contribution in [-0.2, 0) is 4.79 Å². The average molecular weight is 287 g/mol. The van der Waals surface area contributed by atoms with Crippen molar-refractivity contribution in [2.24, 2.45) is 5.41 Å². The molecule has 0 bridgehead atoms. The molecule has 0 atom stereocenters. The predicted octanol–water partition coefficient (Wildman–Crippen LogP) is 3.03. The quantitative estimate of drug-likeness (QED) is 0.631. The fourth-order valence-electron chi connectivity index (χ4n) is 2.78. The van der Waals surface area contributed by atoms with Gasteiger partial charge in [-0.05, 0) is 18.9 Å². The minimum absolute atomic E-state index is 0.0678. The number of carbonyl (C=O) groups is 1. The molecule has 0 aromatic heterocycles. The third-order valence-electron chi connectivity index (χ3n) is 4.06. The van der Waals surface area contributed by atoms with Gasteiger partial charge in [0.05, 0.1) is 16.7 Å². The van der Waals surface area contributed by atoms with Gasteiger partial charge in [0.25, 0.3) is 5.69 Å². The number of rotatable bonds is 3. The molecule has 0 heterocycles. The van der Waals surface area contributed by atoms with Gasteiger partial charge in [-0.3, -0.25) is 14.9 Å². The molecule has 0 radical (unpaired) electrons. The Bertz CT molecular complexity index is 600. The molecule has 6 heteroatoms. The van der Waals surface area contributed by atoms with Crippen LogP contribution in [-0.4, -0.2) is 17.9 Å². The van der Waals surface area contributed by atoms with Crippen molar-refractivity contribution in [3.8, 4) is 6.07 Å². The van der Waals surface area contributed by atoms with Crippen molar-refractivity contribution < 1.29 is 9.72 Å². The van der Waals surface area contributed by atoms with E-state index in [0.29, 0.717) is 18.5 Å². The van der Waals surface area contributed by atoms with Crippen LogP contribution in [0.4, 0.5) is 11.4 Å². The first-order valence-electron chi connectivity index (χ1n) is 6.94. The monoisotopic (exact) mass is 287 g/mol. The Morgan fingerprint density at radius 1 is 1.38 bits per heavy atom. The summed E-state index contributed by atoms with van der Waals surface area (Å²) in [5, 5.41) is 20.3. The summed E-state index contributed by atoms with van der Waals surface area (Å²) in [6, 6.07) is 8.09. The average Bonchev–Trinajstić information content (AvgIpc) is 2.54. The highest BCUT2D eigenvalue weighted by Gasteiger charge is 2.42. The maximum atomic E-state index is 12.7. The van der Waals surface area contributed by atoms with Crippen LogP contribution >= 0.6 is 0 Å². The van der Waals surface area contributed by atoms with Crippen molar-refractivity contribution in [3.63, 3.8) is 0 Å². The summed E-state index contributed by atoms with van der Waals surface area (Å²) in [5.41, 5.74) is -0.617. The Hall–Kier alpha value is -2.42. The maximum Gasteiger partial charge on any atom is 0.271 e. The predicted molar refractivity (Wildman–Crippen MR) is 77.6 cm³/mol. The second-order valence-corrected chi connectivity index (χ2v) is 5.40. The number of hydrogen-bond donors (Lipinski definition) is 0. The summed E-state index contributed by atoms with van der Waals surface area (Å²) >= 11 is 0. The number of benzene rings is 1. The van der Waals surface area contributed by atoms with Gasteiger partial charge in [-0.1, -0.05) is 25.3 Å². The van der Waals surface area contributed by atoms with Gasteiger partial charge in [0.2, 0.25) is 5.91 Å². The van der Waals surface area contributed by atoms with Crippen LogP contribution in [0, 0.1) is 26.9 Å². The molecule has 1 saturated carbocycles. The third kappa shape index (κ3) is 2.87. The molecule has 1 aliphatic rings. The minimum Gasteiger partial charge on any atom is -0.314 e. The van der Waals surface area contributed by atoms with E-state index in [9.17, 15) is 20.2 Å². The first-order valence-corrected chi connectivity index (χ1v) is 6.94. The van der Waals surface area contributed by atoms with E-state index in [1.807, 2.05) is 0 Å². The molecule has 1 aromatic rings. The summed E-state index contributed by atoms with van der Waals surface area (Å²) in [7, 11) is 1.56. The highest BCUT2D eigenvalue weighted by molar-refractivity contribution is 5.99. The molecule has 1 fully saturated rings. The highest BCUT2D eigenvalue weighted by Crippen LogP contribution is 2.38. The number of nitro groups is 1. The Labute approximate surface area is 123 Å². The number of anilines is 1. The molecule has 1 aliphatic carbocycles. The number of carbonyl (C=O) groups excluding carboxylic acids is 1. The van der Waals surface area contributed by atoms with E-state index in [1.165, 1.54) is 23.1 Å². The number of nitrogens with zero attached hydrogens (tertiary/aromatic N) is 3. The fourth-order valence-corrected chi connectivity index (χ4v) is 2.78. The lowest BCUT2D eigenvalue weighted by molar-refractivity contribution is -0.384. The van der Waals surface area contributed by atoms with E-state index in [-0.39, 0.29) is 11.6 Å². The van der Waals surface area contributed by atoms with Crippen molar-refractivity contribution in [2.45, 2.75) is 32.1 Å².